The molecule has 6 nitrogen and oxygen atoms in total. The van der Waals surface area contributed by atoms with Crippen molar-refractivity contribution in [2.24, 2.45) is 4.99 Å². The van der Waals surface area contributed by atoms with Gasteiger partial charge in [0.05, 0.1) is 6.61 Å². The SMILES string of the molecule is CCOc1cccc(CNC(=NC)NCCCOCC(F)(F)F)c1OC(F)F.I. The van der Waals surface area contributed by atoms with Gasteiger partial charge in [0.15, 0.2) is 17.5 Å². The van der Waals surface area contributed by atoms with E-state index >= 15 is 0 Å². The van der Waals surface area contributed by atoms with Crippen molar-refractivity contribution >= 4 is 29.9 Å². The van der Waals surface area contributed by atoms with E-state index in [2.05, 4.69) is 25.1 Å². The molecular formula is C17H25F5IN3O3. The molecule has 0 spiro atoms. The molecule has 168 valence electrons. The van der Waals surface area contributed by atoms with Crippen molar-refractivity contribution in [1.29, 1.82) is 0 Å². The van der Waals surface area contributed by atoms with Crippen LogP contribution in [0.1, 0.15) is 18.9 Å². The Bertz CT molecular complexity index is 618. The van der Waals surface area contributed by atoms with Crippen LogP contribution in [0, 0.1) is 0 Å². The largest absolute Gasteiger partial charge is 0.490 e. The third-order valence-electron chi connectivity index (χ3n) is 3.26. The molecule has 0 aliphatic rings. The molecule has 0 aromatic heterocycles. The molecule has 0 saturated heterocycles. The predicted molar refractivity (Wildman–Crippen MR) is 109 cm³/mol. The van der Waals surface area contributed by atoms with E-state index in [-0.39, 0.29) is 55.2 Å². The molecule has 0 amide bonds. The van der Waals surface area contributed by atoms with E-state index in [9.17, 15) is 22.0 Å². The monoisotopic (exact) mass is 541 g/mol. The Balaban J connectivity index is 0.00000784. The molecule has 0 heterocycles. The van der Waals surface area contributed by atoms with Crippen molar-refractivity contribution < 1.29 is 36.2 Å². The summed E-state index contributed by atoms with van der Waals surface area (Å²) in [5.74, 6) is 0.482. The molecule has 0 saturated carbocycles. The molecule has 29 heavy (non-hydrogen) atoms. The number of nitrogens with zero attached hydrogens (tertiary/aromatic N) is 1. The Morgan fingerprint density at radius 3 is 2.52 bits per heavy atom. The van der Waals surface area contributed by atoms with Crippen LogP contribution < -0.4 is 20.1 Å². The average molecular weight is 541 g/mol. The lowest BCUT2D eigenvalue weighted by atomic mass is 10.2. The van der Waals surface area contributed by atoms with E-state index < -0.39 is 19.4 Å². The van der Waals surface area contributed by atoms with Crippen molar-refractivity contribution in [2.75, 3.05) is 33.4 Å². The second-order valence-electron chi connectivity index (χ2n) is 5.43. The van der Waals surface area contributed by atoms with Crippen LogP contribution in [0.4, 0.5) is 22.0 Å². The summed E-state index contributed by atoms with van der Waals surface area (Å²) in [6.07, 6.45) is -4.02. The first-order valence-electron chi connectivity index (χ1n) is 8.55. The normalized spacial score (nSPS) is 11.8. The molecule has 0 aliphatic heterocycles. The summed E-state index contributed by atoms with van der Waals surface area (Å²) in [5.41, 5.74) is 0.433. The van der Waals surface area contributed by atoms with Gasteiger partial charge in [-0.25, -0.2) is 0 Å². The van der Waals surface area contributed by atoms with Crippen LogP contribution in [0.15, 0.2) is 23.2 Å². The van der Waals surface area contributed by atoms with Gasteiger partial charge in [-0.2, -0.15) is 22.0 Å². The molecule has 0 aliphatic carbocycles. The zero-order valence-electron chi connectivity index (χ0n) is 16.0. The number of aliphatic imine (C=N–C) groups is 1. The quantitative estimate of drug-likeness (QED) is 0.146. The van der Waals surface area contributed by atoms with Gasteiger partial charge in [0.25, 0.3) is 0 Å². The van der Waals surface area contributed by atoms with Gasteiger partial charge >= 0.3 is 12.8 Å². The molecule has 0 bridgehead atoms. The third kappa shape index (κ3) is 11.9. The average Bonchev–Trinajstić information content (AvgIpc) is 2.61. The van der Waals surface area contributed by atoms with E-state index in [4.69, 9.17) is 4.74 Å². The van der Waals surface area contributed by atoms with Crippen molar-refractivity contribution in [2.45, 2.75) is 32.7 Å². The fourth-order valence-corrected chi connectivity index (χ4v) is 2.16. The summed E-state index contributed by atoms with van der Waals surface area (Å²) in [6.45, 7) is -1.91. The third-order valence-corrected chi connectivity index (χ3v) is 3.26. The first-order chi connectivity index (χ1) is 13.3. The zero-order chi connectivity index (χ0) is 21.0. The highest BCUT2D eigenvalue weighted by Crippen LogP contribution is 2.32. The molecule has 1 rings (SSSR count). The van der Waals surface area contributed by atoms with Crippen LogP contribution in [0.2, 0.25) is 0 Å². The Kier molecular flexibility index (Phi) is 13.6. The van der Waals surface area contributed by atoms with Crippen molar-refractivity contribution in [1.82, 2.24) is 10.6 Å². The molecule has 12 heteroatoms. The summed E-state index contributed by atoms with van der Waals surface area (Å²) >= 11 is 0. The smallest absolute Gasteiger partial charge is 0.411 e. The Hall–Kier alpha value is -1.57. The first kappa shape index (κ1) is 27.4. The lowest BCUT2D eigenvalue weighted by Gasteiger charge is -2.17. The minimum atomic E-state index is -4.35. The molecule has 0 fully saturated rings. The van der Waals surface area contributed by atoms with Crippen LogP contribution in [0.5, 0.6) is 11.5 Å². The van der Waals surface area contributed by atoms with Gasteiger partial charge in [-0.1, -0.05) is 12.1 Å². The number of halogens is 6. The minimum absolute atomic E-state index is 0. The lowest BCUT2D eigenvalue weighted by Crippen LogP contribution is -2.37. The number of ether oxygens (including phenoxy) is 3. The second-order valence-corrected chi connectivity index (χ2v) is 5.43. The number of hydrogen-bond acceptors (Lipinski definition) is 4. The topological polar surface area (TPSA) is 64.1 Å². The Labute approximate surface area is 183 Å². The van der Waals surface area contributed by atoms with Crippen LogP contribution in [-0.4, -0.2) is 52.2 Å². The van der Waals surface area contributed by atoms with Crippen LogP contribution in [-0.2, 0) is 11.3 Å². The number of benzene rings is 1. The molecule has 1 aromatic rings. The van der Waals surface area contributed by atoms with Crippen LogP contribution >= 0.6 is 24.0 Å². The van der Waals surface area contributed by atoms with Gasteiger partial charge in [0, 0.05) is 32.3 Å². The maximum atomic E-state index is 12.7. The number of rotatable bonds is 11. The number of para-hydroxylation sites is 1. The standard InChI is InChI=1S/C17H24F5N3O3.HI/c1-3-27-13-7-4-6-12(14(13)28-15(18)19)10-25-16(23-2)24-8-5-9-26-11-17(20,21)22;/h4,6-7,15H,3,5,8-11H2,1-2H3,(H2,23,24,25);1H. The number of nitrogens with one attached hydrogen (secondary N) is 2. The Morgan fingerprint density at radius 2 is 1.93 bits per heavy atom. The highest BCUT2D eigenvalue weighted by atomic mass is 127. The van der Waals surface area contributed by atoms with Gasteiger partial charge in [-0.15, -0.1) is 24.0 Å². The Morgan fingerprint density at radius 1 is 1.21 bits per heavy atom. The van der Waals surface area contributed by atoms with Gasteiger partial charge < -0.3 is 24.8 Å². The summed E-state index contributed by atoms with van der Waals surface area (Å²) in [5, 5.41) is 5.82. The molecule has 1 aromatic carbocycles. The van der Waals surface area contributed by atoms with Gasteiger partial charge in [-0.05, 0) is 19.4 Å². The highest BCUT2D eigenvalue weighted by Gasteiger charge is 2.27. The predicted octanol–water partition coefficient (Wildman–Crippen LogP) is 3.94. The first-order valence-corrected chi connectivity index (χ1v) is 8.55. The summed E-state index contributed by atoms with van der Waals surface area (Å²) < 4.78 is 75.7. The fourth-order valence-electron chi connectivity index (χ4n) is 2.16. The van der Waals surface area contributed by atoms with Crippen molar-refractivity contribution in [3.63, 3.8) is 0 Å². The van der Waals surface area contributed by atoms with Crippen molar-refractivity contribution in [3.05, 3.63) is 23.8 Å². The number of hydrogen-bond donors (Lipinski definition) is 2. The van der Waals surface area contributed by atoms with Crippen LogP contribution in [0.25, 0.3) is 0 Å². The van der Waals surface area contributed by atoms with E-state index in [1.54, 1.807) is 19.1 Å². The summed E-state index contributed by atoms with van der Waals surface area (Å²) in [7, 11) is 1.50. The van der Waals surface area contributed by atoms with E-state index in [0.29, 0.717) is 24.5 Å². The van der Waals surface area contributed by atoms with E-state index in [1.807, 2.05) is 0 Å². The van der Waals surface area contributed by atoms with Crippen LogP contribution in [0.3, 0.4) is 0 Å². The molecule has 0 unspecified atom stereocenters. The van der Waals surface area contributed by atoms with E-state index in [0.717, 1.165) is 0 Å². The maximum Gasteiger partial charge on any atom is 0.411 e. The second kappa shape index (κ2) is 14.4. The van der Waals surface area contributed by atoms with Gasteiger partial charge in [0.1, 0.15) is 6.61 Å². The fraction of sp³-hybridized carbons (Fsp3) is 0.588. The summed E-state index contributed by atoms with van der Waals surface area (Å²) in [6, 6.07) is 4.78. The number of guanidine groups is 1. The molecular weight excluding hydrogens is 516 g/mol. The maximum absolute atomic E-state index is 12.7. The zero-order valence-corrected chi connectivity index (χ0v) is 18.4. The molecule has 2 N–H and O–H groups in total. The number of alkyl halides is 5. The highest BCUT2D eigenvalue weighted by molar-refractivity contribution is 14.0. The minimum Gasteiger partial charge on any atom is -0.490 e. The molecule has 0 atom stereocenters. The molecule has 0 radical (unpaired) electrons. The summed E-state index contributed by atoms with van der Waals surface area (Å²) in [4.78, 5) is 3.96. The lowest BCUT2D eigenvalue weighted by molar-refractivity contribution is -0.173. The van der Waals surface area contributed by atoms with Crippen molar-refractivity contribution in [3.8, 4) is 11.5 Å². The van der Waals surface area contributed by atoms with Gasteiger partial charge in [-0.3, -0.25) is 4.99 Å². The van der Waals surface area contributed by atoms with Gasteiger partial charge in [0.2, 0.25) is 0 Å². The van der Waals surface area contributed by atoms with E-state index in [1.165, 1.54) is 13.1 Å².